The monoisotopic (exact) mass is 783 g/mol. The summed E-state index contributed by atoms with van der Waals surface area (Å²) in [6.07, 6.45) is -0.623. The van der Waals surface area contributed by atoms with Crippen LogP contribution in [0.15, 0.2) is 0 Å². The zero-order valence-electron chi connectivity index (χ0n) is 32.1. The Bertz CT molecular complexity index is 1440. The van der Waals surface area contributed by atoms with Gasteiger partial charge in [0.15, 0.2) is 0 Å². The van der Waals surface area contributed by atoms with E-state index < -0.39 is 127 Å². The molecule has 0 aromatic heterocycles. The van der Waals surface area contributed by atoms with Crippen molar-refractivity contribution in [1.82, 2.24) is 36.8 Å². The topological polar surface area (TPSA) is 339 Å². The Hall–Kier alpha value is -5.34. The molecule has 12 N–H and O–H groups in total. The van der Waals surface area contributed by atoms with Crippen LogP contribution in [0.25, 0.3) is 0 Å². The Morgan fingerprint density at radius 3 is 1.69 bits per heavy atom. The lowest BCUT2D eigenvalue weighted by Gasteiger charge is -2.31. The first kappa shape index (κ1) is 47.7. The molecular formula is C34H57N9O12. The Morgan fingerprint density at radius 2 is 1.24 bits per heavy atom. The second kappa shape index (κ2) is 22.8. The number of nitrogens with one attached hydrogen (secondary N) is 6. The van der Waals surface area contributed by atoms with E-state index in [4.69, 9.17) is 16.6 Å². The van der Waals surface area contributed by atoms with Crippen molar-refractivity contribution in [3.05, 3.63) is 0 Å². The van der Waals surface area contributed by atoms with Crippen LogP contribution in [0.1, 0.15) is 80.1 Å². The highest BCUT2D eigenvalue weighted by Gasteiger charge is 2.39. The van der Waals surface area contributed by atoms with Gasteiger partial charge < -0.3 is 58.5 Å². The quantitative estimate of drug-likeness (QED) is 0.0485. The molecule has 0 spiro atoms. The Balaban J connectivity index is 3.27. The minimum atomic E-state index is -1.55. The molecule has 0 aromatic carbocycles. The number of hydrogen-bond acceptors (Lipinski definition) is 11. The highest BCUT2D eigenvalue weighted by atomic mass is 16.4. The van der Waals surface area contributed by atoms with Gasteiger partial charge in [-0.3, -0.25) is 47.9 Å². The molecule has 1 aliphatic heterocycles. The number of carboxylic acid groups (broad SMARTS) is 2. The van der Waals surface area contributed by atoms with Crippen molar-refractivity contribution in [1.29, 1.82) is 0 Å². The first-order chi connectivity index (χ1) is 25.6. The molecule has 1 aliphatic rings. The summed E-state index contributed by atoms with van der Waals surface area (Å²) in [6, 6.07) is -7.73. The minimum Gasteiger partial charge on any atom is -0.481 e. The Kier molecular flexibility index (Phi) is 19.7. The standard InChI is InChI=1S/C34H57N9O12/c1-16(2)12-20(40-33(54)28(18(5)6)42-30(51)21(13-25(46)47)38-24(45)14-35)29(50)41-27(17(3)4)32(53)39-19(9-10-23(36)44)34(55)43-11-7-8-22(43)31(52)37-15-26(48)49/h16-22,27-28H,7-15,35H2,1-6H3,(H2,36,44)(H,37,52)(H,38,45)(H,39,53)(H,40,54)(H,41,50)(H,42,51)(H,46,47)(H,48,49)/t19-,20-,21-,22-,27-,28-/m0/s1. The number of hydrogen-bond donors (Lipinski definition) is 10. The average molecular weight is 784 g/mol. The van der Waals surface area contributed by atoms with Crippen LogP contribution in [0, 0.1) is 17.8 Å². The zero-order chi connectivity index (χ0) is 42.2. The van der Waals surface area contributed by atoms with Gasteiger partial charge in [0.05, 0.1) is 13.0 Å². The molecule has 0 radical (unpaired) electrons. The number of aliphatic carboxylic acids is 2. The van der Waals surface area contributed by atoms with Gasteiger partial charge in [0.2, 0.25) is 47.3 Å². The summed E-state index contributed by atoms with van der Waals surface area (Å²) in [6.45, 7) is 8.91. The highest BCUT2D eigenvalue weighted by molar-refractivity contribution is 5.98. The molecule has 0 saturated carbocycles. The summed E-state index contributed by atoms with van der Waals surface area (Å²) in [5, 5.41) is 32.8. The Morgan fingerprint density at radius 1 is 0.709 bits per heavy atom. The van der Waals surface area contributed by atoms with Crippen LogP contribution in [0.2, 0.25) is 0 Å². The van der Waals surface area contributed by atoms with Gasteiger partial charge in [0, 0.05) is 13.0 Å². The van der Waals surface area contributed by atoms with E-state index >= 15 is 0 Å². The second-order valence-corrected chi connectivity index (χ2v) is 14.4. The zero-order valence-corrected chi connectivity index (χ0v) is 32.1. The maximum atomic E-state index is 13.8. The molecule has 0 aromatic rings. The normalized spacial score (nSPS) is 16.6. The molecule has 1 saturated heterocycles. The molecule has 8 amide bonds. The van der Waals surface area contributed by atoms with Crippen LogP contribution < -0.4 is 43.4 Å². The number of primary amides is 1. The van der Waals surface area contributed by atoms with E-state index in [1.165, 1.54) is 4.90 Å². The number of nitrogens with zero attached hydrogens (tertiary/aromatic N) is 1. The van der Waals surface area contributed by atoms with Gasteiger partial charge in [-0.1, -0.05) is 41.5 Å². The van der Waals surface area contributed by atoms with E-state index in [0.717, 1.165) is 0 Å². The van der Waals surface area contributed by atoms with Crippen LogP contribution in [-0.2, 0) is 47.9 Å². The molecule has 0 aliphatic carbocycles. The lowest BCUT2D eigenvalue weighted by Crippen LogP contribution is -2.61. The van der Waals surface area contributed by atoms with Gasteiger partial charge in [-0.05, 0) is 43.4 Å². The first-order valence-corrected chi connectivity index (χ1v) is 18.1. The number of likely N-dealkylation sites (tertiary alicyclic amines) is 1. The van der Waals surface area contributed by atoms with E-state index in [0.29, 0.717) is 6.42 Å². The fourth-order valence-electron chi connectivity index (χ4n) is 5.77. The van der Waals surface area contributed by atoms with Gasteiger partial charge >= 0.3 is 11.9 Å². The third-order valence-electron chi connectivity index (χ3n) is 8.60. The molecule has 21 nitrogen and oxygen atoms in total. The van der Waals surface area contributed by atoms with Gasteiger partial charge in [0.1, 0.15) is 42.8 Å². The number of carboxylic acids is 2. The van der Waals surface area contributed by atoms with Gasteiger partial charge in [-0.25, -0.2) is 0 Å². The maximum absolute atomic E-state index is 13.8. The average Bonchev–Trinajstić information content (AvgIpc) is 3.58. The molecule has 1 fully saturated rings. The number of carbonyl (C=O) groups excluding carboxylic acids is 8. The summed E-state index contributed by atoms with van der Waals surface area (Å²) in [4.78, 5) is 128. The van der Waals surface area contributed by atoms with E-state index in [-0.39, 0.29) is 38.1 Å². The van der Waals surface area contributed by atoms with Crippen LogP contribution in [0.3, 0.4) is 0 Å². The first-order valence-electron chi connectivity index (χ1n) is 18.1. The van der Waals surface area contributed by atoms with Crippen LogP contribution in [-0.4, -0.2) is 130 Å². The van der Waals surface area contributed by atoms with Crippen molar-refractivity contribution in [3.63, 3.8) is 0 Å². The SMILES string of the molecule is CC(C)C[C@H](NC(=O)[C@@H](NC(=O)[C@H](CC(=O)O)NC(=O)CN)C(C)C)C(=O)N[C@H](C(=O)N[C@@H](CCC(N)=O)C(=O)N1CCC[C@H]1C(=O)NCC(=O)O)C(C)C. The number of rotatable bonds is 23. The van der Waals surface area contributed by atoms with Crippen LogP contribution >= 0.6 is 0 Å². The molecule has 0 bridgehead atoms. The van der Waals surface area contributed by atoms with Crippen molar-refractivity contribution in [2.75, 3.05) is 19.6 Å². The van der Waals surface area contributed by atoms with Gasteiger partial charge in [-0.2, -0.15) is 0 Å². The lowest BCUT2D eigenvalue weighted by atomic mass is 9.97. The van der Waals surface area contributed by atoms with Crippen LogP contribution in [0.4, 0.5) is 0 Å². The highest BCUT2D eigenvalue weighted by Crippen LogP contribution is 2.20. The molecule has 1 rings (SSSR count). The predicted molar refractivity (Wildman–Crippen MR) is 194 cm³/mol. The minimum absolute atomic E-state index is 0.0803. The third-order valence-corrected chi connectivity index (χ3v) is 8.60. The fraction of sp³-hybridized carbons (Fsp3) is 0.706. The number of carbonyl (C=O) groups is 10. The number of amides is 8. The summed E-state index contributed by atoms with van der Waals surface area (Å²) < 4.78 is 0. The smallest absolute Gasteiger partial charge is 0.322 e. The summed E-state index contributed by atoms with van der Waals surface area (Å²) >= 11 is 0. The number of nitrogens with two attached hydrogens (primary N) is 2. The van der Waals surface area contributed by atoms with Crippen molar-refractivity contribution in [3.8, 4) is 0 Å². The summed E-state index contributed by atoms with van der Waals surface area (Å²) in [5.41, 5.74) is 10.6. The molecular weight excluding hydrogens is 726 g/mol. The summed E-state index contributed by atoms with van der Waals surface area (Å²) in [5.74, 6) is -10.4. The van der Waals surface area contributed by atoms with Gasteiger partial charge in [0.25, 0.3) is 0 Å². The third kappa shape index (κ3) is 16.3. The van der Waals surface area contributed by atoms with E-state index in [1.807, 2.05) is 0 Å². The van der Waals surface area contributed by atoms with E-state index in [9.17, 15) is 53.1 Å². The molecule has 6 atom stereocenters. The molecule has 310 valence electrons. The molecule has 21 heteroatoms. The second-order valence-electron chi connectivity index (χ2n) is 14.4. The molecule has 1 heterocycles. The fourth-order valence-corrected chi connectivity index (χ4v) is 5.77. The van der Waals surface area contributed by atoms with E-state index in [1.54, 1.807) is 41.5 Å². The molecule has 55 heavy (non-hydrogen) atoms. The van der Waals surface area contributed by atoms with Crippen molar-refractivity contribution < 1.29 is 58.2 Å². The summed E-state index contributed by atoms with van der Waals surface area (Å²) in [7, 11) is 0. The van der Waals surface area contributed by atoms with Crippen molar-refractivity contribution in [2.24, 2.45) is 29.2 Å². The van der Waals surface area contributed by atoms with Crippen molar-refractivity contribution in [2.45, 2.75) is 116 Å². The van der Waals surface area contributed by atoms with Crippen molar-refractivity contribution >= 4 is 59.2 Å². The van der Waals surface area contributed by atoms with Crippen LogP contribution in [0.5, 0.6) is 0 Å². The van der Waals surface area contributed by atoms with Gasteiger partial charge in [-0.15, -0.1) is 0 Å². The van der Waals surface area contributed by atoms with E-state index in [2.05, 4.69) is 31.9 Å². The maximum Gasteiger partial charge on any atom is 0.322 e. The predicted octanol–water partition coefficient (Wildman–Crippen LogP) is -3.34. The Labute approximate surface area is 319 Å². The lowest BCUT2D eigenvalue weighted by molar-refractivity contribution is -0.143. The largest absolute Gasteiger partial charge is 0.481 e. The molecule has 0 unspecified atom stereocenters.